The first-order valence-electron chi connectivity index (χ1n) is 7.63. The molecule has 3 nitrogen and oxygen atoms in total. The normalized spacial score (nSPS) is 10.2. The van der Waals surface area contributed by atoms with Crippen LogP contribution in [0.2, 0.25) is 0 Å². The Morgan fingerprint density at radius 2 is 1.26 bits per heavy atom. The van der Waals surface area contributed by atoms with Crippen LogP contribution in [0.3, 0.4) is 0 Å². The molecule has 0 amide bonds. The summed E-state index contributed by atoms with van der Waals surface area (Å²) >= 11 is 0. The molecule has 0 unspecified atom stereocenters. The van der Waals surface area contributed by atoms with E-state index < -0.39 is 0 Å². The fraction of sp³-hybridized carbons (Fsp3) is 0.100. The lowest BCUT2D eigenvalue weighted by Crippen LogP contribution is -1.85. The fourth-order valence-corrected chi connectivity index (χ4v) is 2.47. The standard InChI is InChI=1S/C14H14.C6H5N3/c1-11-7-6-10-14(12(11)2)13-8-4-3-5-9-13;1-2-4-6-5(3-1)7-9-8-6/h3-10H,1-2H3;1-4H,(H,7,8,9). The van der Waals surface area contributed by atoms with Crippen LogP contribution in [0.25, 0.3) is 22.2 Å². The summed E-state index contributed by atoms with van der Waals surface area (Å²) in [5.74, 6) is 0. The van der Waals surface area contributed by atoms with Gasteiger partial charge in [-0.2, -0.15) is 15.4 Å². The van der Waals surface area contributed by atoms with Crippen LogP contribution in [0, 0.1) is 13.8 Å². The predicted molar refractivity (Wildman–Crippen MR) is 95.2 cm³/mol. The van der Waals surface area contributed by atoms with Gasteiger partial charge in [0.15, 0.2) is 0 Å². The molecule has 0 bridgehead atoms. The average molecular weight is 301 g/mol. The molecule has 0 saturated heterocycles. The zero-order chi connectivity index (χ0) is 16.1. The number of aromatic nitrogens is 3. The second kappa shape index (κ2) is 6.88. The smallest absolute Gasteiger partial charge is 0.112 e. The second-order valence-corrected chi connectivity index (χ2v) is 5.43. The number of aromatic amines is 1. The number of nitrogens with zero attached hydrogens (tertiary/aromatic N) is 2. The second-order valence-electron chi connectivity index (χ2n) is 5.43. The molecule has 4 aromatic rings. The van der Waals surface area contributed by atoms with E-state index >= 15 is 0 Å². The van der Waals surface area contributed by atoms with Gasteiger partial charge in [-0.1, -0.05) is 60.7 Å². The lowest BCUT2D eigenvalue weighted by Gasteiger charge is -2.07. The van der Waals surface area contributed by atoms with E-state index in [1.54, 1.807) is 0 Å². The summed E-state index contributed by atoms with van der Waals surface area (Å²) in [6, 6.07) is 24.7. The van der Waals surface area contributed by atoms with Gasteiger partial charge in [0.1, 0.15) is 11.0 Å². The van der Waals surface area contributed by atoms with Crippen LogP contribution >= 0.6 is 0 Å². The summed E-state index contributed by atoms with van der Waals surface area (Å²) in [5, 5.41) is 10.3. The van der Waals surface area contributed by atoms with Crippen LogP contribution in [0.15, 0.2) is 72.8 Å². The number of H-pyrrole nitrogens is 1. The van der Waals surface area contributed by atoms with Crippen molar-refractivity contribution in [1.82, 2.24) is 15.4 Å². The molecule has 114 valence electrons. The molecular formula is C20H19N3. The molecule has 4 rings (SSSR count). The van der Waals surface area contributed by atoms with Crippen molar-refractivity contribution >= 4 is 11.0 Å². The van der Waals surface area contributed by atoms with Crippen molar-refractivity contribution in [1.29, 1.82) is 0 Å². The number of aryl methyl sites for hydroxylation is 1. The average Bonchev–Trinajstić information content (AvgIpc) is 3.07. The van der Waals surface area contributed by atoms with Gasteiger partial charge in [-0.3, -0.25) is 0 Å². The highest BCUT2D eigenvalue weighted by Gasteiger charge is 2.01. The Morgan fingerprint density at radius 3 is 1.91 bits per heavy atom. The fourth-order valence-electron chi connectivity index (χ4n) is 2.47. The van der Waals surface area contributed by atoms with Crippen LogP contribution in [0.1, 0.15) is 11.1 Å². The zero-order valence-corrected chi connectivity index (χ0v) is 13.3. The largest absolute Gasteiger partial charge is 0.197 e. The Hall–Kier alpha value is -2.94. The van der Waals surface area contributed by atoms with Crippen LogP contribution < -0.4 is 0 Å². The van der Waals surface area contributed by atoms with Gasteiger partial charge in [0, 0.05) is 0 Å². The van der Waals surface area contributed by atoms with Crippen molar-refractivity contribution in [3.8, 4) is 11.1 Å². The lowest BCUT2D eigenvalue weighted by atomic mass is 9.97. The van der Waals surface area contributed by atoms with E-state index in [9.17, 15) is 0 Å². The number of hydrogen-bond acceptors (Lipinski definition) is 2. The molecule has 0 aliphatic rings. The Labute approximate surface area is 136 Å². The SMILES string of the molecule is Cc1cccc(-c2ccccc2)c1C.c1ccc2n[nH]nc2c1. The van der Waals surface area contributed by atoms with Crippen molar-refractivity contribution in [2.75, 3.05) is 0 Å². The maximum Gasteiger partial charge on any atom is 0.112 e. The summed E-state index contributed by atoms with van der Waals surface area (Å²) in [6.07, 6.45) is 0. The number of benzene rings is 3. The van der Waals surface area contributed by atoms with E-state index in [0.717, 1.165) is 11.0 Å². The van der Waals surface area contributed by atoms with Gasteiger partial charge in [-0.15, -0.1) is 0 Å². The summed E-state index contributed by atoms with van der Waals surface area (Å²) < 4.78 is 0. The number of hydrogen-bond donors (Lipinski definition) is 1. The van der Waals surface area contributed by atoms with Crippen molar-refractivity contribution in [3.63, 3.8) is 0 Å². The highest BCUT2D eigenvalue weighted by molar-refractivity contribution is 5.72. The lowest BCUT2D eigenvalue weighted by molar-refractivity contribution is 0.959. The molecule has 1 heterocycles. The van der Waals surface area contributed by atoms with E-state index in [-0.39, 0.29) is 0 Å². The maximum atomic E-state index is 3.88. The van der Waals surface area contributed by atoms with E-state index in [2.05, 4.69) is 77.8 Å². The maximum absolute atomic E-state index is 3.88. The third kappa shape index (κ3) is 3.46. The molecule has 0 saturated carbocycles. The third-order valence-corrected chi connectivity index (χ3v) is 3.91. The summed E-state index contributed by atoms with van der Waals surface area (Å²) in [5.41, 5.74) is 7.19. The number of nitrogens with one attached hydrogen (secondary N) is 1. The molecule has 23 heavy (non-hydrogen) atoms. The van der Waals surface area contributed by atoms with Crippen molar-refractivity contribution in [3.05, 3.63) is 83.9 Å². The van der Waals surface area contributed by atoms with Gasteiger partial charge in [0.05, 0.1) is 0 Å². The molecule has 0 aliphatic heterocycles. The van der Waals surface area contributed by atoms with Crippen LogP contribution in [0.5, 0.6) is 0 Å². The molecule has 1 N–H and O–H groups in total. The van der Waals surface area contributed by atoms with Crippen molar-refractivity contribution < 1.29 is 0 Å². The van der Waals surface area contributed by atoms with Crippen LogP contribution in [-0.2, 0) is 0 Å². The highest BCUT2D eigenvalue weighted by Crippen LogP contribution is 2.24. The van der Waals surface area contributed by atoms with Crippen molar-refractivity contribution in [2.24, 2.45) is 0 Å². The van der Waals surface area contributed by atoms with E-state index in [0.29, 0.717) is 0 Å². The van der Waals surface area contributed by atoms with E-state index in [1.807, 2.05) is 24.3 Å². The number of fused-ring (bicyclic) bond motifs is 1. The molecule has 1 aromatic heterocycles. The van der Waals surface area contributed by atoms with Crippen LogP contribution in [0.4, 0.5) is 0 Å². The highest BCUT2D eigenvalue weighted by atomic mass is 15.3. The zero-order valence-electron chi connectivity index (χ0n) is 13.3. The van der Waals surface area contributed by atoms with E-state index in [1.165, 1.54) is 22.3 Å². The summed E-state index contributed by atoms with van der Waals surface area (Å²) in [6.45, 7) is 4.33. The Bertz CT molecular complexity index is 865. The molecule has 0 fully saturated rings. The Balaban J connectivity index is 0.000000149. The predicted octanol–water partition coefficient (Wildman–Crippen LogP) is 4.93. The molecule has 3 aromatic carbocycles. The summed E-state index contributed by atoms with van der Waals surface area (Å²) in [7, 11) is 0. The van der Waals surface area contributed by atoms with Crippen molar-refractivity contribution in [2.45, 2.75) is 13.8 Å². The third-order valence-electron chi connectivity index (χ3n) is 3.91. The van der Waals surface area contributed by atoms with Gasteiger partial charge < -0.3 is 0 Å². The molecule has 0 atom stereocenters. The quantitative estimate of drug-likeness (QED) is 0.541. The molecular weight excluding hydrogens is 282 g/mol. The minimum Gasteiger partial charge on any atom is -0.197 e. The van der Waals surface area contributed by atoms with Gasteiger partial charge in [0.2, 0.25) is 0 Å². The first-order valence-corrected chi connectivity index (χ1v) is 7.63. The summed E-state index contributed by atoms with van der Waals surface area (Å²) in [4.78, 5) is 0. The molecule has 0 aliphatic carbocycles. The Morgan fingerprint density at radius 1 is 0.652 bits per heavy atom. The van der Waals surface area contributed by atoms with E-state index in [4.69, 9.17) is 0 Å². The van der Waals surface area contributed by atoms with Gasteiger partial charge >= 0.3 is 0 Å². The first kappa shape index (κ1) is 15.0. The first-order chi connectivity index (χ1) is 11.3. The number of rotatable bonds is 1. The minimum absolute atomic E-state index is 0.914. The minimum atomic E-state index is 0.914. The molecule has 0 radical (unpaired) electrons. The topological polar surface area (TPSA) is 41.6 Å². The van der Waals surface area contributed by atoms with Gasteiger partial charge in [-0.25, -0.2) is 0 Å². The van der Waals surface area contributed by atoms with Gasteiger partial charge in [0.25, 0.3) is 0 Å². The van der Waals surface area contributed by atoms with Crippen LogP contribution in [-0.4, -0.2) is 15.4 Å². The Kier molecular flexibility index (Phi) is 4.48. The monoisotopic (exact) mass is 301 g/mol. The van der Waals surface area contributed by atoms with Gasteiger partial charge in [-0.05, 0) is 48.2 Å². The molecule has 0 spiro atoms. The number of para-hydroxylation sites is 2. The molecule has 3 heteroatoms.